The third-order valence-electron chi connectivity index (χ3n) is 8.59. The van der Waals surface area contributed by atoms with Gasteiger partial charge in [-0.25, -0.2) is 0 Å². The quantitative estimate of drug-likeness (QED) is 0.709. The van der Waals surface area contributed by atoms with E-state index in [1.54, 1.807) is 0 Å². The van der Waals surface area contributed by atoms with Gasteiger partial charge in [-0.05, 0) is 80.8 Å². The van der Waals surface area contributed by atoms with Crippen molar-refractivity contribution in [2.75, 3.05) is 44.3 Å². The van der Waals surface area contributed by atoms with E-state index in [0.717, 1.165) is 30.8 Å². The van der Waals surface area contributed by atoms with Crippen LogP contribution in [0.5, 0.6) is 0 Å². The first-order valence-electron chi connectivity index (χ1n) is 12.5. The van der Waals surface area contributed by atoms with Gasteiger partial charge in [-0.2, -0.15) is 0 Å². The van der Waals surface area contributed by atoms with Gasteiger partial charge in [0.05, 0.1) is 0 Å². The van der Waals surface area contributed by atoms with Gasteiger partial charge in [0.15, 0.2) is 0 Å². The van der Waals surface area contributed by atoms with Crippen molar-refractivity contribution in [3.63, 3.8) is 0 Å². The van der Waals surface area contributed by atoms with E-state index in [-0.39, 0.29) is 31.1 Å². The molecular formula is C26H37N3O3. The third-order valence-corrected chi connectivity index (χ3v) is 8.59. The lowest BCUT2D eigenvalue weighted by Gasteiger charge is -2.59. The zero-order valence-electron chi connectivity index (χ0n) is 19.3. The second kappa shape index (κ2) is 9.05. The largest absolute Gasteiger partial charge is 0.368 e. The van der Waals surface area contributed by atoms with Crippen molar-refractivity contribution < 1.29 is 14.3 Å². The second-order valence-corrected chi connectivity index (χ2v) is 10.8. The smallest absolute Gasteiger partial charge is 0.248 e. The molecule has 4 saturated carbocycles. The number of nitrogens with one attached hydrogen (secondary N) is 1. The van der Waals surface area contributed by atoms with Crippen LogP contribution in [0, 0.1) is 23.2 Å². The predicted molar refractivity (Wildman–Crippen MR) is 124 cm³/mol. The van der Waals surface area contributed by atoms with Gasteiger partial charge in [-0.3, -0.25) is 9.59 Å². The Kier molecular flexibility index (Phi) is 6.15. The van der Waals surface area contributed by atoms with Crippen LogP contribution in [0.15, 0.2) is 30.3 Å². The summed E-state index contributed by atoms with van der Waals surface area (Å²) in [5.74, 6) is 2.50. The van der Waals surface area contributed by atoms with Crippen molar-refractivity contribution in [2.24, 2.45) is 23.2 Å². The average molecular weight is 440 g/mol. The fourth-order valence-corrected chi connectivity index (χ4v) is 7.32. The number of nitrogens with zero attached hydrogens (tertiary/aromatic N) is 2. The Balaban J connectivity index is 1.03. The average Bonchev–Trinajstić information content (AvgIpc) is 2.79. The summed E-state index contributed by atoms with van der Waals surface area (Å²) in [4.78, 5) is 29.2. The number of hydrogen-bond acceptors (Lipinski definition) is 4. The van der Waals surface area contributed by atoms with Crippen LogP contribution in [0.25, 0.3) is 0 Å². The summed E-state index contributed by atoms with van der Waals surface area (Å²) >= 11 is 0. The van der Waals surface area contributed by atoms with E-state index >= 15 is 0 Å². The van der Waals surface area contributed by atoms with E-state index < -0.39 is 0 Å². The number of para-hydroxylation sites is 1. The van der Waals surface area contributed by atoms with Crippen molar-refractivity contribution in [3.8, 4) is 0 Å². The van der Waals surface area contributed by atoms with E-state index in [0.29, 0.717) is 18.5 Å². The zero-order chi connectivity index (χ0) is 22.1. The van der Waals surface area contributed by atoms with Crippen LogP contribution in [0.1, 0.15) is 45.4 Å². The SMILES string of the molecule is C[C@H](NC(=O)COCC(=O)N1CCN(c2ccccc2)CC1)C12CC3CC(CC(C3)C1)C2. The summed E-state index contributed by atoms with van der Waals surface area (Å²) in [7, 11) is 0. The van der Waals surface area contributed by atoms with Crippen molar-refractivity contribution in [1.82, 2.24) is 10.2 Å². The maximum atomic E-state index is 12.5. The summed E-state index contributed by atoms with van der Waals surface area (Å²) in [6.07, 6.45) is 8.04. The highest BCUT2D eigenvalue weighted by Crippen LogP contribution is 2.61. The Bertz CT molecular complexity index is 784. The number of anilines is 1. The molecule has 1 saturated heterocycles. The molecule has 6 heteroatoms. The number of amides is 2. The van der Waals surface area contributed by atoms with Crippen LogP contribution in [-0.4, -0.2) is 62.1 Å². The molecule has 5 aliphatic rings. The summed E-state index contributed by atoms with van der Waals surface area (Å²) in [6, 6.07) is 10.5. The Morgan fingerprint density at radius 1 is 0.969 bits per heavy atom. The molecular weight excluding hydrogens is 402 g/mol. The normalized spacial score (nSPS) is 32.1. The van der Waals surface area contributed by atoms with E-state index in [9.17, 15) is 9.59 Å². The number of hydrogen-bond donors (Lipinski definition) is 1. The summed E-state index contributed by atoms with van der Waals surface area (Å²) in [5.41, 5.74) is 1.49. The zero-order valence-corrected chi connectivity index (χ0v) is 19.3. The maximum Gasteiger partial charge on any atom is 0.248 e. The van der Waals surface area contributed by atoms with Crippen molar-refractivity contribution >= 4 is 17.5 Å². The van der Waals surface area contributed by atoms with Gasteiger partial charge in [0.1, 0.15) is 13.2 Å². The molecule has 5 fully saturated rings. The molecule has 1 aliphatic heterocycles. The summed E-state index contributed by atoms with van der Waals surface area (Å²) < 4.78 is 5.52. The minimum absolute atomic E-state index is 0.0233. The molecule has 32 heavy (non-hydrogen) atoms. The van der Waals surface area contributed by atoms with Crippen LogP contribution in [0.4, 0.5) is 5.69 Å². The molecule has 6 nitrogen and oxygen atoms in total. The van der Waals surface area contributed by atoms with Crippen LogP contribution >= 0.6 is 0 Å². The molecule has 4 bridgehead atoms. The van der Waals surface area contributed by atoms with Crippen LogP contribution in [-0.2, 0) is 14.3 Å². The molecule has 0 radical (unpaired) electrons. The Hall–Kier alpha value is -2.08. The molecule has 1 aromatic rings. The number of carbonyl (C=O) groups excluding carboxylic acids is 2. The molecule has 6 rings (SSSR count). The molecule has 2 amide bonds. The highest BCUT2D eigenvalue weighted by Gasteiger charge is 2.53. The van der Waals surface area contributed by atoms with Crippen molar-refractivity contribution in [3.05, 3.63) is 30.3 Å². The molecule has 1 atom stereocenters. The van der Waals surface area contributed by atoms with Gasteiger partial charge in [-0.15, -0.1) is 0 Å². The van der Waals surface area contributed by atoms with Gasteiger partial charge in [0.25, 0.3) is 0 Å². The van der Waals surface area contributed by atoms with Crippen molar-refractivity contribution in [1.29, 1.82) is 0 Å². The van der Waals surface area contributed by atoms with Crippen LogP contribution in [0.3, 0.4) is 0 Å². The van der Waals surface area contributed by atoms with E-state index in [1.807, 2.05) is 23.1 Å². The first kappa shape index (κ1) is 21.7. The molecule has 174 valence electrons. The molecule has 1 aromatic carbocycles. The summed E-state index contributed by atoms with van der Waals surface area (Å²) in [6.45, 7) is 5.13. The predicted octanol–water partition coefficient (Wildman–Crippen LogP) is 3.07. The van der Waals surface area contributed by atoms with Gasteiger partial charge in [0.2, 0.25) is 11.8 Å². The number of piperazine rings is 1. The van der Waals surface area contributed by atoms with E-state index in [4.69, 9.17) is 4.74 Å². The lowest BCUT2D eigenvalue weighted by Crippen LogP contribution is -2.56. The lowest BCUT2D eigenvalue weighted by molar-refractivity contribution is -0.139. The number of carbonyl (C=O) groups is 2. The lowest BCUT2D eigenvalue weighted by atomic mass is 9.48. The highest BCUT2D eigenvalue weighted by molar-refractivity contribution is 5.80. The van der Waals surface area contributed by atoms with Gasteiger partial charge in [0, 0.05) is 37.9 Å². The molecule has 0 aromatic heterocycles. The van der Waals surface area contributed by atoms with E-state index in [1.165, 1.54) is 44.2 Å². The van der Waals surface area contributed by atoms with E-state index in [2.05, 4.69) is 29.3 Å². The van der Waals surface area contributed by atoms with Gasteiger partial charge in [-0.1, -0.05) is 18.2 Å². The Morgan fingerprint density at radius 3 is 2.16 bits per heavy atom. The monoisotopic (exact) mass is 439 g/mol. The standard InChI is InChI=1S/C26H37N3O3/c1-19(26-14-20-11-21(15-26)13-22(12-20)16-26)27-24(30)17-32-18-25(31)29-9-7-28(8-10-29)23-5-3-2-4-6-23/h2-6,19-22H,7-18H2,1H3,(H,27,30)/t19-,20?,21?,22?,26?/m0/s1. The molecule has 0 unspecified atom stereocenters. The Morgan fingerprint density at radius 2 is 1.56 bits per heavy atom. The number of benzene rings is 1. The van der Waals surface area contributed by atoms with Gasteiger partial charge < -0.3 is 19.9 Å². The fourth-order valence-electron chi connectivity index (χ4n) is 7.32. The first-order valence-corrected chi connectivity index (χ1v) is 12.5. The van der Waals surface area contributed by atoms with Crippen LogP contribution in [0.2, 0.25) is 0 Å². The maximum absolute atomic E-state index is 12.5. The van der Waals surface area contributed by atoms with Gasteiger partial charge >= 0.3 is 0 Å². The molecule has 0 spiro atoms. The second-order valence-electron chi connectivity index (χ2n) is 10.8. The first-order chi connectivity index (χ1) is 15.5. The Labute approximate surface area is 191 Å². The fraction of sp³-hybridized carbons (Fsp3) is 0.692. The third kappa shape index (κ3) is 4.52. The van der Waals surface area contributed by atoms with Crippen LogP contribution < -0.4 is 10.2 Å². The molecule has 4 aliphatic carbocycles. The minimum atomic E-state index is -0.0880. The number of ether oxygens (including phenoxy) is 1. The number of rotatable bonds is 7. The minimum Gasteiger partial charge on any atom is -0.368 e. The molecule has 1 heterocycles. The topological polar surface area (TPSA) is 61.9 Å². The highest BCUT2D eigenvalue weighted by atomic mass is 16.5. The molecule has 1 N–H and O–H groups in total. The summed E-state index contributed by atoms with van der Waals surface area (Å²) in [5, 5.41) is 3.22. The van der Waals surface area contributed by atoms with Crippen molar-refractivity contribution in [2.45, 2.75) is 51.5 Å².